The fourth-order valence-corrected chi connectivity index (χ4v) is 6.98. The molecule has 9 aromatic rings. The Morgan fingerprint density at radius 3 is 1.53 bits per heavy atom. The van der Waals surface area contributed by atoms with E-state index in [0.29, 0.717) is 0 Å². The molecule has 2 heterocycles. The van der Waals surface area contributed by atoms with E-state index >= 15 is 0 Å². The van der Waals surface area contributed by atoms with Gasteiger partial charge in [0.05, 0.1) is 27.8 Å². The van der Waals surface area contributed by atoms with Crippen molar-refractivity contribution in [1.29, 1.82) is 0 Å². The molecule has 0 amide bonds. The van der Waals surface area contributed by atoms with Crippen LogP contribution in [0.5, 0.6) is 0 Å². The summed E-state index contributed by atoms with van der Waals surface area (Å²) in [5.41, 5.74) is 10.4. The van der Waals surface area contributed by atoms with Crippen LogP contribution in [0.1, 0.15) is 0 Å². The quantitative estimate of drug-likeness (QED) is 0.199. The monoisotopic (exact) mass is 575 g/mol. The van der Waals surface area contributed by atoms with Gasteiger partial charge in [-0.15, -0.1) is 0 Å². The first kappa shape index (κ1) is 25.4. The van der Waals surface area contributed by atoms with Gasteiger partial charge in [0.1, 0.15) is 0 Å². The van der Waals surface area contributed by atoms with Gasteiger partial charge in [0.2, 0.25) is 0 Å². The van der Waals surface area contributed by atoms with Crippen LogP contribution in [0, 0.1) is 0 Å². The van der Waals surface area contributed by atoms with Crippen LogP contribution >= 0.6 is 0 Å². The summed E-state index contributed by atoms with van der Waals surface area (Å²) in [6.45, 7) is 0. The minimum absolute atomic E-state index is 1.10. The highest BCUT2D eigenvalue weighted by Crippen LogP contribution is 2.44. The maximum atomic E-state index is 2.41. The molecule has 0 atom stereocenters. The second kappa shape index (κ2) is 10.3. The molecule has 0 spiro atoms. The number of hydrogen-bond acceptors (Lipinski definition) is 1. The third kappa shape index (κ3) is 3.98. The fraction of sp³-hybridized carbons (Fsp3) is 0. The predicted octanol–water partition coefficient (Wildman–Crippen LogP) is 11.4. The molecule has 45 heavy (non-hydrogen) atoms. The molecule has 0 aliphatic rings. The molecule has 0 bridgehead atoms. The highest BCUT2D eigenvalue weighted by Gasteiger charge is 2.22. The third-order valence-electron chi connectivity index (χ3n) is 8.87. The average molecular weight is 576 g/mol. The lowest BCUT2D eigenvalue weighted by Gasteiger charge is -2.27. The summed E-state index contributed by atoms with van der Waals surface area (Å²) in [7, 11) is 0. The highest BCUT2D eigenvalue weighted by atomic mass is 15.2. The summed E-state index contributed by atoms with van der Waals surface area (Å²) in [6.07, 6.45) is 0. The van der Waals surface area contributed by atoms with E-state index in [0.717, 1.165) is 28.4 Å². The molecule has 0 saturated carbocycles. The topological polar surface area (TPSA) is 13.1 Å². The van der Waals surface area contributed by atoms with Crippen LogP contribution in [-0.2, 0) is 0 Å². The van der Waals surface area contributed by atoms with E-state index in [1.54, 1.807) is 0 Å². The van der Waals surface area contributed by atoms with Gasteiger partial charge in [-0.05, 0) is 66.7 Å². The van der Waals surface area contributed by atoms with Crippen molar-refractivity contribution in [3.05, 3.63) is 176 Å². The Morgan fingerprint density at radius 2 is 0.844 bits per heavy atom. The largest absolute Gasteiger partial charge is 0.309 e. The van der Waals surface area contributed by atoms with E-state index in [9.17, 15) is 0 Å². The Morgan fingerprint density at radius 1 is 0.333 bits per heavy atom. The standard InChI is InChI=1S/C42H29N3/c1-4-15-30(16-5-1)43(33-27-28-36-34-21-10-12-24-38(34)44(41(36)29-33)31-17-6-2-7-18-31)40-26-14-23-37-35-22-11-13-25-39(35)45(42(37)40)32-19-8-3-9-20-32/h1-29H. The predicted molar refractivity (Wildman–Crippen MR) is 190 cm³/mol. The first-order chi connectivity index (χ1) is 22.4. The van der Waals surface area contributed by atoms with Gasteiger partial charge in [-0.25, -0.2) is 0 Å². The number of benzene rings is 7. The van der Waals surface area contributed by atoms with Gasteiger partial charge in [0.15, 0.2) is 0 Å². The zero-order valence-electron chi connectivity index (χ0n) is 24.6. The van der Waals surface area contributed by atoms with Crippen LogP contribution in [0.25, 0.3) is 55.0 Å². The van der Waals surface area contributed by atoms with E-state index in [4.69, 9.17) is 0 Å². The zero-order valence-corrected chi connectivity index (χ0v) is 24.6. The van der Waals surface area contributed by atoms with Crippen molar-refractivity contribution in [1.82, 2.24) is 9.13 Å². The number of para-hydroxylation sites is 6. The maximum absolute atomic E-state index is 2.41. The highest BCUT2D eigenvalue weighted by molar-refractivity contribution is 6.15. The number of fused-ring (bicyclic) bond motifs is 6. The molecule has 212 valence electrons. The maximum Gasteiger partial charge on any atom is 0.0782 e. The van der Waals surface area contributed by atoms with Crippen molar-refractivity contribution >= 4 is 60.7 Å². The van der Waals surface area contributed by atoms with Crippen LogP contribution in [0.4, 0.5) is 17.1 Å². The molecule has 0 N–H and O–H groups in total. The lowest BCUT2D eigenvalue weighted by atomic mass is 10.1. The molecular formula is C42H29N3. The van der Waals surface area contributed by atoms with Gasteiger partial charge >= 0.3 is 0 Å². The fourth-order valence-electron chi connectivity index (χ4n) is 6.98. The Kier molecular flexibility index (Phi) is 5.82. The van der Waals surface area contributed by atoms with Crippen molar-refractivity contribution in [2.75, 3.05) is 4.90 Å². The zero-order chi connectivity index (χ0) is 29.7. The molecule has 0 aliphatic carbocycles. The summed E-state index contributed by atoms with van der Waals surface area (Å²) in [6, 6.07) is 63.1. The number of anilines is 3. The first-order valence-electron chi connectivity index (χ1n) is 15.4. The summed E-state index contributed by atoms with van der Waals surface area (Å²) >= 11 is 0. The van der Waals surface area contributed by atoms with Crippen LogP contribution < -0.4 is 4.90 Å². The van der Waals surface area contributed by atoms with Gasteiger partial charge in [0.25, 0.3) is 0 Å². The number of aromatic nitrogens is 2. The van der Waals surface area contributed by atoms with Gasteiger partial charge < -0.3 is 14.0 Å². The lowest BCUT2D eigenvalue weighted by Crippen LogP contribution is -2.11. The average Bonchev–Trinajstić information content (AvgIpc) is 3.63. The van der Waals surface area contributed by atoms with Crippen LogP contribution in [0.2, 0.25) is 0 Å². The van der Waals surface area contributed by atoms with Crippen molar-refractivity contribution in [2.45, 2.75) is 0 Å². The molecule has 0 radical (unpaired) electrons. The van der Waals surface area contributed by atoms with Gasteiger partial charge in [-0.1, -0.05) is 109 Å². The van der Waals surface area contributed by atoms with Gasteiger partial charge in [-0.3, -0.25) is 0 Å². The molecule has 2 aromatic heterocycles. The molecule has 0 unspecified atom stereocenters. The van der Waals surface area contributed by atoms with E-state index in [-0.39, 0.29) is 0 Å². The third-order valence-corrected chi connectivity index (χ3v) is 8.87. The second-order valence-electron chi connectivity index (χ2n) is 11.4. The Balaban J connectivity index is 1.38. The Hall–Kier alpha value is -6.06. The summed E-state index contributed by atoms with van der Waals surface area (Å²) in [5, 5.41) is 4.96. The van der Waals surface area contributed by atoms with Crippen LogP contribution in [0.3, 0.4) is 0 Å². The van der Waals surface area contributed by atoms with Crippen molar-refractivity contribution in [3.8, 4) is 11.4 Å². The number of hydrogen-bond donors (Lipinski definition) is 0. The SMILES string of the molecule is c1ccc(N(c2ccc3c4ccccc4n(-c4ccccc4)c3c2)c2cccc3c4ccccc4n(-c4ccccc4)c23)cc1. The molecule has 0 aliphatic heterocycles. The molecular weight excluding hydrogens is 546 g/mol. The summed E-state index contributed by atoms with van der Waals surface area (Å²) in [4.78, 5) is 2.41. The first-order valence-corrected chi connectivity index (χ1v) is 15.4. The molecule has 0 fully saturated rings. The molecule has 3 heteroatoms. The van der Waals surface area contributed by atoms with Crippen LogP contribution in [0.15, 0.2) is 176 Å². The molecule has 0 saturated heterocycles. The normalized spacial score (nSPS) is 11.6. The minimum atomic E-state index is 1.10. The van der Waals surface area contributed by atoms with Crippen molar-refractivity contribution in [2.24, 2.45) is 0 Å². The van der Waals surface area contributed by atoms with E-state index in [1.807, 2.05) is 0 Å². The summed E-state index contributed by atoms with van der Waals surface area (Å²) in [5.74, 6) is 0. The number of nitrogens with zero attached hydrogens (tertiary/aromatic N) is 3. The Labute approximate surface area is 261 Å². The van der Waals surface area contributed by atoms with Crippen molar-refractivity contribution < 1.29 is 0 Å². The van der Waals surface area contributed by atoms with Gasteiger partial charge in [0, 0.05) is 44.3 Å². The van der Waals surface area contributed by atoms with E-state index < -0.39 is 0 Å². The molecule has 3 nitrogen and oxygen atoms in total. The molecule has 9 rings (SSSR count). The van der Waals surface area contributed by atoms with E-state index in [1.165, 1.54) is 43.6 Å². The summed E-state index contributed by atoms with van der Waals surface area (Å²) < 4.78 is 4.80. The van der Waals surface area contributed by atoms with Gasteiger partial charge in [-0.2, -0.15) is 0 Å². The molecule has 7 aromatic carbocycles. The smallest absolute Gasteiger partial charge is 0.0782 e. The minimum Gasteiger partial charge on any atom is -0.309 e. The van der Waals surface area contributed by atoms with E-state index in [2.05, 4.69) is 190 Å². The van der Waals surface area contributed by atoms with Crippen molar-refractivity contribution in [3.63, 3.8) is 0 Å². The lowest BCUT2D eigenvalue weighted by molar-refractivity contribution is 1.16. The van der Waals surface area contributed by atoms with Crippen LogP contribution in [-0.4, -0.2) is 9.13 Å². The second-order valence-corrected chi connectivity index (χ2v) is 11.4. The Bertz CT molecular complexity index is 2470. The number of rotatable bonds is 5.